The van der Waals surface area contributed by atoms with E-state index in [-0.39, 0.29) is 24.8 Å². The first-order valence-corrected chi connectivity index (χ1v) is 10.4. The van der Waals surface area contributed by atoms with E-state index in [2.05, 4.69) is 25.7 Å². The summed E-state index contributed by atoms with van der Waals surface area (Å²) < 4.78 is 78.0. The van der Waals surface area contributed by atoms with Crippen molar-refractivity contribution >= 4 is 22.5 Å². The Labute approximate surface area is 194 Å². The molecule has 0 amide bonds. The summed E-state index contributed by atoms with van der Waals surface area (Å²) in [5, 5.41) is 14.7. The molecule has 1 fully saturated rings. The van der Waals surface area contributed by atoms with Gasteiger partial charge in [-0.25, -0.2) is 26.8 Å². The minimum atomic E-state index is -3.20. The van der Waals surface area contributed by atoms with Gasteiger partial charge in [0.1, 0.15) is 17.6 Å². The van der Waals surface area contributed by atoms with Crippen LogP contribution in [0.3, 0.4) is 0 Å². The topological polar surface area (TPSA) is 85.4 Å². The van der Waals surface area contributed by atoms with Crippen molar-refractivity contribution in [3.05, 3.63) is 30.5 Å². The number of alkyl halides is 4. The maximum absolute atomic E-state index is 14.7. The average Bonchev–Trinajstić information content (AvgIpc) is 3.43. The number of nitrogens with one attached hydrogen (secondary N) is 1. The fraction of sp³-hybridized carbons (Fsp3) is 0.429. The molecular formula is C21H22F4N8O. The van der Waals surface area contributed by atoms with E-state index in [4.69, 9.17) is 7.48 Å². The maximum Gasteiger partial charge on any atom is 0.280 e. The number of hydrogen-bond donors (Lipinski definition) is 1. The number of halogens is 4. The van der Waals surface area contributed by atoms with Crippen LogP contribution in [0.25, 0.3) is 27.7 Å². The van der Waals surface area contributed by atoms with Crippen molar-refractivity contribution in [2.75, 3.05) is 32.5 Å². The molecule has 180 valence electrons. The second-order valence-corrected chi connectivity index (χ2v) is 8.05. The van der Waals surface area contributed by atoms with Gasteiger partial charge in [-0.3, -0.25) is 0 Å². The van der Waals surface area contributed by atoms with Crippen LogP contribution >= 0.6 is 0 Å². The Hall–Kier alpha value is -3.48. The summed E-state index contributed by atoms with van der Waals surface area (Å²) in [6, 6.07) is 5.55. The van der Waals surface area contributed by atoms with E-state index >= 15 is 0 Å². The lowest BCUT2D eigenvalue weighted by Crippen LogP contribution is -2.53. The third kappa shape index (κ3) is 4.00. The molecule has 0 radical (unpaired) electrons. The summed E-state index contributed by atoms with van der Waals surface area (Å²) >= 11 is 0. The Balaban J connectivity index is 1.48. The predicted molar refractivity (Wildman–Crippen MR) is 117 cm³/mol. The summed E-state index contributed by atoms with van der Waals surface area (Å²) in [4.78, 5) is 5.37. The predicted octanol–water partition coefficient (Wildman–Crippen LogP) is 3.17. The van der Waals surface area contributed by atoms with E-state index in [0.717, 1.165) is 9.58 Å². The van der Waals surface area contributed by atoms with Gasteiger partial charge in [0.25, 0.3) is 12.3 Å². The smallest absolute Gasteiger partial charge is 0.280 e. The van der Waals surface area contributed by atoms with Gasteiger partial charge in [0.15, 0.2) is 0 Å². The number of nitrogens with zero attached hydrogens (tertiary/aromatic N) is 7. The molecule has 0 bridgehead atoms. The number of ether oxygens (including phenoxy) is 1. The molecule has 0 aliphatic carbocycles. The molecule has 5 rings (SSSR count). The number of rotatable bonds is 6. The van der Waals surface area contributed by atoms with Crippen LogP contribution in [0.4, 0.5) is 23.5 Å². The Bertz CT molecular complexity index is 1400. The van der Waals surface area contributed by atoms with Crippen molar-refractivity contribution in [2.24, 2.45) is 0 Å². The van der Waals surface area contributed by atoms with Crippen molar-refractivity contribution in [1.82, 2.24) is 34.5 Å². The summed E-state index contributed by atoms with van der Waals surface area (Å²) in [6.45, 7) is -2.61. The molecule has 4 aromatic rings. The number of piperidine rings is 1. The van der Waals surface area contributed by atoms with Gasteiger partial charge in [-0.05, 0) is 37.2 Å². The molecule has 9 nitrogen and oxygen atoms in total. The second-order valence-electron chi connectivity index (χ2n) is 8.05. The van der Waals surface area contributed by atoms with Crippen LogP contribution in [-0.2, 0) is 6.54 Å². The van der Waals surface area contributed by atoms with Crippen LogP contribution in [0, 0.1) is 0 Å². The molecular weight excluding hydrogens is 456 g/mol. The fourth-order valence-electron chi connectivity index (χ4n) is 4.13. The maximum atomic E-state index is 14.7. The van der Waals surface area contributed by atoms with Gasteiger partial charge in [0.2, 0.25) is 11.8 Å². The first-order chi connectivity index (χ1) is 17.2. The van der Waals surface area contributed by atoms with Gasteiger partial charge in [-0.1, -0.05) is 11.3 Å². The highest BCUT2D eigenvalue weighted by Gasteiger charge is 2.44. The van der Waals surface area contributed by atoms with Gasteiger partial charge < -0.3 is 15.0 Å². The molecule has 34 heavy (non-hydrogen) atoms. The monoisotopic (exact) mass is 480 g/mol. The largest absolute Gasteiger partial charge is 0.479 e. The number of benzene rings is 1. The molecule has 1 aliphatic heterocycles. The van der Waals surface area contributed by atoms with Crippen LogP contribution in [0.2, 0.25) is 0 Å². The highest BCUT2D eigenvalue weighted by atomic mass is 19.3. The lowest BCUT2D eigenvalue weighted by atomic mass is 10.0. The van der Waals surface area contributed by atoms with Crippen LogP contribution in [0.1, 0.15) is 9.16 Å². The number of aromatic nitrogens is 6. The first kappa shape index (κ1) is 19.9. The first-order valence-electron chi connectivity index (χ1n) is 11.6. The summed E-state index contributed by atoms with van der Waals surface area (Å²) in [5.74, 6) is -3.14. The van der Waals surface area contributed by atoms with Crippen LogP contribution in [-0.4, -0.2) is 80.1 Å². The number of anilines is 1. The third-order valence-corrected chi connectivity index (χ3v) is 5.74. The molecule has 1 aromatic carbocycles. The average molecular weight is 480 g/mol. The molecule has 4 heterocycles. The molecule has 1 saturated heterocycles. The minimum Gasteiger partial charge on any atom is -0.479 e. The Morgan fingerprint density at radius 2 is 2.18 bits per heavy atom. The number of methoxy groups -OCH3 is 1. The zero-order valence-corrected chi connectivity index (χ0v) is 18.0. The fourth-order valence-corrected chi connectivity index (χ4v) is 4.13. The van der Waals surface area contributed by atoms with Crippen molar-refractivity contribution in [2.45, 2.75) is 31.4 Å². The van der Waals surface area contributed by atoms with Crippen molar-refractivity contribution < 1.29 is 25.0 Å². The summed E-state index contributed by atoms with van der Waals surface area (Å²) in [7, 11) is 1.39. The van der Waals surface area contributed by atoms with Crippen molar-refractivity contribution in [1.29, 1.82) is 0 Å². The SMILES string of the molecule is [2H]C([2H])N1CC[C@@H](Nc2nc(OC)c3c(-c4ccc5nnn(CC(F)F)c5c4)ccn3n2)C(F)(F)C1. The van der Waals surface area contributed by atoms with Gasteiger partial charge in [0, 0.05) is 21.0 Å². The zero-order valence-electron chi connectivity index (χ0n) is 20.0. The Morgan fingerprint density at radius 1 is 1.32 bits per heavy atom. The molecule has 1 atom stereocenters. The van der Waals surface area contributed by atoms with Crippen molar-refractivity contribution in [3.8, 4) is 17.0 Å². The molecule has 1 aliphatic rings. The van der Waals surface area contributed by atoms with Crippen LogP contribution in [0.15, 0.2) is 30.5 Å². The van der Waals surface area contributed by atoms with Crippen molar-refractivity contribution in [3.63, 3.8) is 0 Å². The molecule has 3 aromatic heterocycles. The quantitative estimate of drug-likeness (QED) is 0.425. The van der Waals surface area contributed by atoms with Gasteiger partial charge in [-0.15, -0.1) is 10.2 Å². The van der Waals surface area contributed by atoms with E-state index in [9.17, 15) is 17.6 Å². The van der Waals surface area contributed by atoms with Gasteiger partial charge in [0.05, 0.1) is 25.2 Å². The molecule has 0 unspecified atom stereocenters. The molecule has 0 saturated carbocycles. The van der Waals surface area contributed by atoms with Crippen LogP contribution in [0.5, 0.6) is 5.88 Å². The van der Waals surface area contributed by atoms with Gasteiger partial charge >= 0.3 is 0 Å². The van der Waals surface area contributed by atoms with E-state index < -0.39 is 38.5 Å². The minimum absolute atomic E-state index is 0.00223. The van der Waals surface area contributed by atoms with Crippen LogP contribution < -0.4 is 10.1 Å². The van der Waals surface area contributed by atoms with E-state index in [1.54, 1.807) is 30.5 Å². The number of likely N-dealkylation sites (tertiary alicyclic amines) is 1. The molecule has 0 spiro atoms. The third-order valence-electron chi connectivity index (χ3n) is 5.74. The normalized spacial score (nSPS) is 19.7. The Morgan fingerprint density at radius 3 is 2.91 bits per heavy atom. The standard InChI is InChI=1S/C21H22F4N8O/c1-31-7-6-16(21(24,25)11-31)26-20-27-19(34-2)18-13(5-8-32(18)29-20)12-3-4-14-15(9-12)33(30-28-14)10-17(22)23/h3-5,8-9,16-17H,6-7,10-11H2,1-2H3,(H,26,29)/t16-/m1/s1/i1D2. The highest BCUT2D eigenvalue weighted by Crippen LogP contribution is 2.34. The van der Waals surface area contributed by atoms with E-state index in [0.29, 0.717) is 27.7 Å². The number of hydrogen-bond acceptors (Lipinski definition) is 7. The molecule has 13 heteroatoms. The summed E-state index contributed by atoms with van der Waals surface area (Å²) in [5.41, 5.74) is 2.65. The highest BCUT2D eigenvalue weighted by molar-refractivity contribution is 5.89. The number of fused-ring (bicyclic) bond motifs is 2. The Kier molecular flexibility index (Phi) is 4.92. The zero-order chi connectivity index (χ0) is 25.6. The van der Waals surface area contributed by atoms with E-state index in [1.807, 2.05) is 0 Å². The molecule has 1 N–H and O–H groups in total. The second kappa shape index (κ2) is 8.38. The van der Waals surface area contributed by atoms with E-state index in [1.165, 1.54) is 11.6 Å². The summed E-state index contributed by atoms with van der Waals surface area (Å²) in [6.07, 6.45) is -0.972. The lowest BCUT2D eigenvalue weighted by molar-refractivity contribution is -0.0675. The van der Waals surface area contributed by atoms with Gasteiger partial charge in [-0.2, -0.15) is 4.98 Å². The lowest BCUT2D eigenvalue weighted by Gasteiger charge is -2.36.